The van der Waals surface area contributed by atoms with E-state index in [1.807, 2.05) is 42.5 Å². The molecule has 1 fully saturated rings. The highest BCUT2D eigenvalue weighted by Crippen LogP contribution is 2.55. The molecule has 2 aromatic heterocycles. The number of imidazole rings is 1. The number of rotatable bonds is 9. The van der Waals surface area contributed by atoms with E-state index in [2.05, 4.69) is 20.3 Å². The van der Waals surface area contributed by atoms with Gasteiger partial charge in [-0.1, -0.05) is 42.5 Å². The number of nitrogens with zero attached hydrogens (tertiary/aromatic N) is 4. The van der Waals surface area contributed by atoms with Gasteiger partial charge in [-0.2, -0.15) is 9.97 Å². The van der Waals surface area contributed by atoms with Gasteiger partial charge in [-0.15, -0.1) is 0 Å². The van der Waals surface area contributed by atoms with Gasteiger partial charge in [-0.3, -0.25) is 13.7 Å². The highest BCUT2D eigenvalue weighted by atomic mass is 35.5. The molecule has 5 unspecified atom stereocenters. The van der Waals surface area contributed by atoms with Crippen LogP contribution in [-0.4, -0.2) is 74.8 Å². The Bertz CT molecular complexity index is 1610. The summed E-state index contributed by atoms with van der Waals surface area (Å²) in [5.74, 6) is -0.829. The lowest BCUT2D eigenvalue weighted by Gasteiger charge is -2.18. The molecule has 0 spiro atoms. The molecule has 5 rings (SSSR count). The molecule has 1 saturated heterocycles. The molecule has 6 N–H and O–H groups in total. The molecular formula is C23H26ClN5O8P2. The fourth-order valence-electron chi connectivity index (χ4n) is 4.71. The fraction of sp³-hybridized carbons (Fsp3) is 0.348. The van der Waals surface area contributed by atoms with Crippen LogP contribution in [-0.2, 0) is 20.4 Å². The number of ether oxygens (including phenoxy) is 1. The quantitative estimate of drug-likeness (QED) is 0.122. The third kappa shape index (κ3) is 6.17. The molecule has 1 aliphatic rings. The van der Waals surface area contributed by atoms with Crippen LogP contribution >= 0.6 is 26.6 Å². The van der Waals surface area contributed by atoms with Crippen LogP contribution < -0.4 is 5.32 Å². The summed E-state index contributed by atoms with van der Waals surface area (Å²) in [6.07, 6.45) is -4.51. The molecule has 0 radical (unpaired) electrons. The van der Waals surface area contributed by atoms with Crippen LogP contribution in [0.3, 0.4) is 0 Å². The predicted molar refractivity (Wildman–Crippen MR) is 144 cm³/mol. The molecule has 0 bridgehead atoms. The number of nitrogens with one attached hydrogen (secondary N) is 1. The molecule has 13 nitrogen and oxygen atoms in total. The highest BCUT2D eigenvalue weighted by molar-refractivity contribution is 7.72. The van der Waals surface area contributed by atoms with Gasteiger partial charge in [0.2, 0.25) is 12.7 Å². The van der Waals surface area contributed by atoms with Crippen molar-refractivity contribution < 1.29 is 38.8 Å². The first-order valence-corrected chi connectivity index (χ1v) is 16.1. The molecular weight excluding hydrogens is 572 g/mol. The zero-order chi connectivity index (χ0) is 27.9. The molecule has 4 aromatic rings. The summed E-state index contributed by atoms with van der Waals surface area (Å²) in [5.41, 5.74) is 1.59. The van der Waals surface area contributed by atoms with Crippen molar-refractivity contribution in [3.8, 4) is 0 Å². The predicted octanol–water partition coefficient (Wildman–Crippen LogP) is 2.66. The minimum Gasteiger partial charge on any atom is -0.388 e. The van der Waals surface area contributed by atoms with Gasteiger partial charge < -0.3 is 34.9 Å². The van der Waals surface area contributed by atoms with E-state index in [9.17, 15) is 24.2 Å². The van der Waals surface area contributed by atoms with Crippen molar-refractivity contribution in [2.24, 2.45) is 0 Å². The Morgan fingerprint density at radius 1 is 1.03 bits per heavy atom. The molecule has 1 aliphatic heterocycles. The van der Waals surface area contributed by atoms with Crippen LogP contribution in [0.25, 0.3) is 21.9 Å². The van der Waals surface area contributed by atoms with Gasteiger partial charge >= 0.3 is 7.60 Å². The number of halogens is 1. The third-order valence-electron chi connectivity index (χ3n) is 6.50. The Balaban J connectivity index is 1.36. The van der Waals surface area contributed by atoms with Crippen LogP contribution in [0.4, 0.5) is 5.82 Å². The maximum Gasteiger partial charge on any atom is 0.335 e. The monoisotopic (exact) mass is 597 g/mol. The summed E-state index contributed by atoms with van der Waals surface area (Å²) in [5, 5.41) is 26.5. The molecule has 2 aromatic carbocycles. The second-order valence-corrected chi connectivity index (χ2v) is 14.3. The average Bonchev–Trinajstić information content (AvgIpc) is 3.40. The maximum absolute atomic E-state index is 12.2. The van der Waals surface area contributed by atoms with Gasteiger partial charge in [0, 0.05) is 12.7 Å². The number of aromatic nitrogens is 4. The van der Waals surface area contributed by atoms with Gasteiger partial charge in [0.05, 0.1) is 12.4 Å². The standard InChI is InChI=1S/C23H26ClN5O8P2/c24-23-27-20(25-10-14-6-3-5-13-4-1-2-7-15(13)14)17-21(28-23)29(11-26-17)22-19(31)18(30)16(37-22)8-9-38(32,33)12-39(34,35)36/h1-7,11,16,18-19,22,30-31H,8-10,12H2,(H,32,33)(H,25,27,28)(H2,34,35,36). The summed E-state index contributed by atoms with van der Waals surface area (Å²) < 4.78 is 30.5. The summed E-state index contributed by atoms with van der Waals surface area (Å²) in [6, 6.07) is 13.9. The molecule has 208 valence electrons. The normalized spacial score (nSPS) is 23.3. The topological polar surface area (TPSA) is 200 Å². The molecule has 5 atom stereocenters. The number of hydrogen-bond acceptors (Lipinski definition) is 9. The minimum atomic E-state index is -4.71. The van der Waals surface area contributed by atoms with Crippen LogP contribution in [0, 0.1) is 0 Å². The SMILES string of the molecule is O=P(O)(O)CP(=O)(O)CCC1OC(n2cnc3c(NCc4cccc5ccccc45)nc(Cl)nc32)C(O)C1O. The van der Waals surface area contributed by atoms with E-state index in [0.29, 0.717) is 17.9 Å². The third-order valence-corrected chi connectivity index (χ3v) is 10.9. The first-order chi connectivity index (χ1) is 18.4. The van der Waals surface area contributed by atoms with Crippen molar-refractivity contribution in [2.45, 2.75) is 37.5 Å². The first-order valence-electron chi connectivity index (χ1n) is 11.9. The summed E-state index contributed by atoms with van der Waals surface area (Å²) in [7, 11) is -8.91. The van der Waals surface area contributed by atoms with Crippen molar-refractivity contribution >= 4 is 54.3 Å². The van der Waals surface area contributed by atoms with E-state index >= 15 is 0 Å². The Morgan fingerprint density at radius 3 is 2.54 bits per heavy atom. The zero-order valence-corrected chi connectivity index (χ0v) is 22.8. The number of benzene rings is 2. The summed E-state index contributed by atoms with van der Waals surface area (Å²) >= 11 is 6.20. The molecule has 0 aliphatic carbocycles. The lowest BCUT2D eigenvalue weighted by molar-refractivity contribution is -0.0354. The van der Waals surface area contributed by atoms with Crippen LogP contribution in [0.15, 0.2) is 48.8 Å². The van der Waals surface area contributed by atoms with Crippen molar-refractivity contribution in [1.82, 2.24) is 19.5 Å². The van der Waals surface area contributed by atoms with Crippen molar-refractivity contribution in [3.63, 3.8) is 0 Å². The lowest BCUT2D eigenvalue weighted by Crippen LogP contribution is -2.32. The Morgan fingerprint density at radius 2 is 1.77 bits per heavy atom. The number of aliphatic hydroxyl groups is 2. The molecule has 16 heteroatoms. The molecule has 0 saturated carbocycles. The van der Waals surface area contributed by atoms with E-state index < -0.39 is 51.6 Å². The minimum absolute atomic E-state index is 0.0899. The number of aliphatic hydroxyl groups excluding tert-OH is 2. The van der Waals surface area contributed by atoms with E-state index in [0.717, 1.165) is 16.3 Å². The van der Waals surface area contributed by atoms with E-state index in [1.54, 1.807) is 0 Å². The number of hydrogen-bond donors (Lipinski definition) is 6. The maximum atomic E-state index is 12.2. The largest absolute Gasteiger partial charge is 0.388 e. The van der Waals surface area contributed by atoms with E-state index in [4.69, 9.17) is 26.1 Å². The first kappa shape index (κ1) is 28.1. The van der Waals surface area contributed by atoms with E-state index in [-0.39, 0.29) is 17.4 Å². The van der Waals surface area contributed by atoms with Crippen LogP contribution in [0.5, 0.6) is 0 Å². The van der Waals surface area contributed by atoms with Gasteiger partial charge in [0.1, 0.15) is 18.1 Å². The van der Waals surface area contributed by atoms with E-state index in [1.165, 1.54) is 10.9 Å². The number of fused-ring (bicyclic) bond motifs is 2. The van der Waals surface area contributed by atoms with Crippen molar-refractivity contribution in [3.05, 3.63) is 59.6 Å². The highest BCUT2D eigenvalue weighted by Gasteiger charge is 2.45. The van der Waals surface area contributed by atoms with Crippen LogP contribution in [0.2, 0.25) is 5.28 Å². The van der Waals surface area contributed by atoms with Gasteiger partial charge in [-0.25, -0.2) is 4.98 Å². The van der Waals surface area contributed by atoms with Gasteiger partial charge in [-0.05, 0) is 34.4 Å². The Labute approximate surface area is 227 Å². The van der Waals surface area contributed by atoms with Gasteiger partial charge in [0.15, 0.2) is 23.2 Å². The molecule has 39 heavy (non-hydrogen) atoms. The Hall–Kier alpha value is -2.44. The fourth-order valence-corrected chi connectivity index (χ4v) is 8.40. The zero-order valence-electron chi connectivity index (χ0n) is 20.3. The Kier molecular flexibility index (Phi) is 7.82. The van der Waals surface area contributed by atoms with Crippen molar-refractivity contribution in [1.29, 1.82) is 0 Å². The molecule has 3 heterocycles. The lowest BCUT2D eigenvalue weighted by atomic mass is 10.0. The smallest absolute Gasteiger partial charge is 0.335 e. The van der Waals surface area contributed by atoms with Crippen LogP contribution in [0.1, 0.15) is 18.2 Å². The number of anilines is 1. The summed E-state index contributed by atoms with van der Waals surface area (Å²) in [6.45, 7) is 0.413. The van der Waals surface area contributed by atoms with Gasteiger partial charge in [0.25, 0.3) is 0 Å². The van der Waals surface area contributed by atoms with Crippen molar-refractivity contribution in [2.75, 3.05) is 17.4 Å². The second kappa shape index (κ2) is 10.9. The molecule has 0 amide bonds. The second-order valence-electron chi connectivity index (χ2n) is 9.37. The summed E-state index contributed by atoms with van der Waals surface area (Å²) in [4.78, 5) is 40.8. The average molecular weight is 598 g/mol.